The summed E-state index contributed by atoms with van der Waals surface area (Å²) in [5, 5.41) is 6.11. The van der Waals surface area contributed by atoms with Crippen LogP contribution < -0.4 is 10.6 Å². The molecule has 5 nitrogen and oxygen atoms in total. The van der Waals surface area contributed by atoms with Gasteiger partial charge in [0, 0.05) is 6.04 Å². The minimum Gasteiger partial charge on any atom is -0.351 e. The number of nitrogens with one attached hydrogen (secondary N) is 2. The van der Waals surface area contributed by atoms with Crippen molar-refractivity contribution in [2.24, 2.45) is 5.92 Å². The molecule has 0 aliphatic carbocycles. The van der Waals surface area contributed by atoms with Crippen LogP contribution in [0, 0.1) is 5.92 Å². The molecule has 2 fully saturated rings. The Morgan fingerprint density at radius 1 is 1.28 bits per heavy atom. The average molecular weight is 274 g/mol. The van der Waals surface area contributed by atoms with Gasteiger partial charge in [0.1, 0.15) is 0 Å². The highest BCUT2D eigenvalue weighted by molar-refractivity contribution is 7.91. The van der Waals surface area contributed by atoms with Gasteiger partial charge in [0.15, 0.2) is 9.84 Å². The summed E-state index contributed by atoms with van der Waals surface area (Å²) in [6.45, 7) is 2.93. The number of carbonyl (C=O) groups excluding carboxylic acids is 1. The average Bonchev–Trinajstić information content (AvgIpc) is 2.28. The molecule has 104 valence electrons. The Kier molecular flexibility index (Phi) is 4.27. The van der Waals surface area contributed by atoms with E-state index in [0.717, 1.165) is 25.8 Å². The lowest BCUT2D eigenvalue weighted by molar-refractivity contribution is -0.125. The number of hydrogen-bond donors (Lipinski definition) is 2. The first-order chi connectivity index (χ1) is 8.48. The number of piperidine rings is 1. The third-order valence-electron chi connectivity index (χ3n) is 3.86. The highest BCUT2D eigenvalue weighted by Gasteiger charge is 2.31. The molecule has 6 heteroatoms. The van der Waals surface area contributed by atoms with Crippen molar-refractivity contribution in [3.05, 3.63) is 0 Å². The van der Waals surface area contributed by atoms with Gasteiger partial charge >= 0.3 is 0 Å². The van der Waals surface area contributed by atoms with Gasteiger partial charge in [-0.2, -0.15) is 0 Å². The van der Waals surface area contributed by atoms with Gasteiger partial charge in [-0.25, -0.2) is 8.42 Å². The molecule has 2 aliphatic heterocycles. The van der Waals surface area contributed by atoms with Crippen LogP contribution in [0.4, 0.5) is 0 Å². The highest BCUT2D eigenvalue weighted by Crippen LogP contribution is 2.17. The zero-order chi connectivity index (χ0) is 13.2. The van der Waals surface area contributed by atoms with Gasteiger partial charge in [0.2, 0.25) is 5.91 Å². The molecule has 2 aliphatic rings. The Morgan fingerprint density at radius 3 is 2.72 bits per heavy atom. The second kappa shape index (κ2) is 5.57. The van der Waals surface area contributed by atoms with Crippen molar-refractivity contribution in [1.29, 1.82) is 0 Å². The Balaban J connectivity index is 1.90. The summed E-state index contributed by atoms with van der Waals surface area (Å²) in [6, 6.07) is -0.365. The lowest BCUT2D eigenvalue weighted by Gasteiger charge is -2.31. The number of hydrogen-bond acceptors (Lipinski definition) is 4. The van der Waals surface area contributed by atoms with E-state index in [-0.39, 0.29) is 29.5 Å². The Bertz CT molecular complexity index is 408. The molecule has 2 saturated heterocycles. The van der Waals surface area contributed by atoms with Crippen LogP contribution >= 0.6 is 0 Å². The van der Waals surface area contributed by atoms with E-state index in [0.29, 0.717) is 12.3 Å². The first kappa shape index (κ1) is 13.8. The largest absolute Gasteiger partial charge is 0.351 e. The fourth-order valence-corrected chi connectivity index (χ4v) is 4.46. The van der Waals surface area contributed by atoms with E-state index in [4.69, 9.17) is 0 Å². The van der Waals surface area contributed by atoms with E-state index in [1.807, 2.05) is 0 Å². The van der Waals surface area contributed by atoms with Crippen LogP contribution in [0.25, 0.3) is 0 Å². The van der Waals surface area contributed by atoms with Gasteiger partial charge < -0.3 is 10.6 Å². The number of rotatable bonds is 2. The third kappa shape index (κ3) is 3.45. The lowest BCUT2D eigenvalue weighted by Crippen LogP contribution is -2.54. The molecule has 0 aromatic rings. The standard InChI is InChI=1S/C12H22N2O3S/c1-9-4-2-6-13-11(9)12(15)14-10-5-3-7-18(16,17)8-10/h9-11,13H,2-8H2,1H3,(H,14,15). The summed E-state index contributed by atoms with van der Waals surface area (Å²) >= 11 is 0. The summed E-state index contributed by atoms with van der Waals surface area (Å²) in [6.07, 6.45) is 3.57. The van der Waals surface area contributed by atoms with E-state index in [2.05, 4.69) is 17.6 Å². The molecule has 18 heavy (non-hydrogen) atoms. The van der Waals surface area contributed by atoms with Crippen LogP contribution in [-0.4, -0.2) is 44.5 Å². The molecule has 0 spiro atoms. The van der Waals surface area contributed by atoms with Crippen molar-refractivity contribution in [1.82, 2.24) is 10.6 Å². The van der Waals surface area contributed by atoms with Gasteiger partial charge in [-0.15, -0.1) is 0 Å². The van der Waals surface area contributed by atoms with Crippen LogP contribution in [0.2, 0.25) is 0 Å². The molecule has 3 atom stereocenters. The summed E-state index contributed by atoms with van der Waals surface area (Å²) in [5.74, 6) is 0.639. The van der Waals surface area contributed by atoms with Crippen molar-refractivity contribution in [2.45, 2.75) is 44.7 Å². The fourth-order valence-electron chi connectivity index (χ4n) is 2.83. The van der Waals surface area contributed by atoms with Crippen molar-refractivity contribution in [2.75, 3.05) is 18.1 Å². The van der Waals surface area contributed by atoms with Crippen molar-refractivity contribution >= 4 is 15.7 Å². The summed E-state index contributed by atoms with van der Waals surface area (Å²) < 4.78 is 23.0. The Labute approximate surface area is 109 Å². The molecule has 0 aromatic heterocycles. The van der Waals surface area contributed by atoms with Crippen LogP contribution in [0.5, 0.6) is 0 Å². The minimum atomic E-state index is -2.96. The number of sulfone groups is 1. The van der Waals surface area contributed by atoms with Crippen LogP contribution in [-0.2, 0) is 14.6 Å². The van der Waals surface area contributed by atoms with E-state index in [1.165, 1.54) is 0 Å². The zero-order valence-electron chi connectivity index (χ0n) is 10.8. The molecule has 2 N–H and O–H groups in total. The van der Waals surface area contributed by atoms with Gasteiger partial charge in [0.05, 0.1) is 17.5 Å². The maximum absolute atomic E-state index is 12.1. The van der Waals surface area contributed by atoms with Gasteiger partial charge in [-0.05, 0) is 38.1 Å². The van der Waals surface area contributed by atoms with E-state index >= 15 is 0 Å². The van der Waals surface area contributed by atoms with E-state index < -0.39 is 9.84 Å². The van der Waals surface area contributed by atoms with Crippen molar-refractivity contribution < 1.29 is 13.2 Å². The Hall–Kier alpha value is -0.620. The molecule has 0 radical (unpaired) electrons. The van der Waals surface area contributed by atoms with E-state index in [9.17, 15) is 13.2 Å². The Morgan fingerprint density at radius 2 is 2.06 bits per heavy atom. The maximum Gasteiger partial charge on any atom is 0.237 e. The fraction of sp³-hybridized carbons (Fsp3) is 0.917. The van der Waals surface area contributed by atoms with E-state index in [1.54, 1.807) is 0 Å². The predicted molar refractivity (Wildman–Crippen MR) is 70.0 cm³/mol. The quantitative estimate of drug-likeness (QED) is 0.747. The molecule has 2 rings (SSSR count). The third-order valence-corrected chi connectivity index (χ3v) is 5.68. The van der Waals surface area contributed by atoms with Crippen LogP contribution in [0.15, 0.2) is 0 Å². The number of amides is 1. The summed E-state index contributed by atoms with van der Waals surface area (Å²) in [7, 11) is -2.96. The number of carbonyl (C=O) groups is 1. The molecule has 3 unspecified atom stereocenters. The molecule has 0 aromatic carbocycles. The monoisotopic (exact) mass is 274 g/mol. The van der Waals surface area contributed by atoms with Gasteiger partial charge in [-0.1, -0.05) is 6.92 Å². The first-order valence-electron chi connectivity index (χ1n) is 6.72. The maximum atomic E-state index is 12.1. The smallest absolute Gasteiger partial charge is 0.237 e. The molecule has 2 heterocycles. The van der Waals surface area contributed by atoms with Crippen LogP contribution in [0.1, 0.15) is 32.6 Å². The lowest BCUT2D eigenvalue weighted by atomic mass is 9.92. The van der Waals surface area contributed by atoms with Gasteiger partial charge in [0.25, 0.3) is 0 Å². The normalized spacial score (nSPS) is 35.9. The zero-order valence-corrected chi connectivity index (χ0v) is 11.6. The first-order valence-corrected chi connectivity index (χ1v) is 8.54. The minimum absolute atomic E-state index is 0.0377. The topological polar surface area (TPSA) is 75.3 Å². The van der Waals surface area contributed by atoms with Crippen LogP contribution in [0.3, 0.4) is 0 Å². The summed E-state index contributed by atoms with van der Waals surface area (Å²) in [4.78, 5) is 12.1. The van der Waals surface area contributed by atoms with Crippen molar-refractivity contribution in [3.8, 4) is 0 Å². The molecule has 0 bridgehead atoms. The predicted octanol–water partition coefficient (Wildman–Crippen LogP) is 0.0679. The SMILES string of the molecule is CC1CCCNC1C(=O)NC1CCCS(=O)(=O)C1. The second-order valence-corrected chi connectivity index (χ2v) is 7.74. The molecular weight excluding hydrogens is 252 g/mol. The summed E-state index contributed by atoms with van der Waals surface area (Å²) in [5.41, 5.74) is 0. The molecule has 0 saturated carbocycles. The molecular formula is C12H22N2O3S. The molecule has 1 amide bonds. The van der Waals surface area contributed by atoms with Crippen molar-refractivity contribution in [3.63, 3.8) is 0 Å². The second-order valence-electron chi connectivity index (χ2n) is 5.51. The highest BCUT2D eigenvalue weighted by atomic mass is 32.2. The van der Waals surface area contributed by atoms with Gasteiger partial charge in [-0.3, -0.25) is 4.79 Å².